The molecule has 0 spiro atoms. The second-order valence-corrected chi connectivity index (χ2v) is 11.0. The van der Waals surface area contributed by atoms with Crippen LogP contribution in [-0.4, -0.2) is 47.2 Å². The molecule has 1 aromatic heterocycles. The first kappa shape index (κ1) is 26.8. The lowest BCUT2D eigenvalue weighted by atomic mass is 9.87. The van der Waals surface area contributed by atoms with Crippen LogP contribution in [0, 0.1) is 11.3 Å². The van der Waals surface area contributed by atoms with Gasteiger partial charge < -0.3 is 26.7 Å². The molecule has 1 aliphatic rings. The predicted molar refractivity (Wildman–Crippen MR) is 135 cm³/mol. The fourth-order valence-electron chi connectivity index (χ4n) is 4.20. The number of benzene rings is 1. The molecule has 4 amide bonds. The van der Waals surface area contributed by atoms with E-state index in [1.807, 2.05) is 20.8 Å². The van der Waals surface area contributed by atoms with E-state index in [1.54, 1.807) is 18.2 Å². The van der Waals surface area contributed by atoms with Crippen LogP contribution in [0.25, 0.3) is 10.9 Å². The summed E-state index contributed by atoms with van der Waals surface area (Å²) in [6.45, 7) is 6.39. The molecule has 1 fully saturated rings. The summed E-state index contributed by atoms with van der Waals surface area (Å²) in [7, 11) is 0. The molecular formula is C24H31Cl2N5O4. The lowest BCUT2D eigenvalue weighted by Gasteiger charge is -2.29. The molecule has 0 bridgehead atoms. The van der Waals surface area contributed by atoms with Crippen LogP contribution in [0.4, 0.5) is 0 Å². The summed E-state index contributed by atoms with van der Waals surface area (Å²) in [6.07, 6.45) is 1.80. The van der Waals surface area contributed by atoms with Gasteiger partial charge in [-0.05, 0) is 49.3 Å². The topological polar surface area (TPSA) is 146 Å². The molecule has 3 rings (SSSR count). The third-order valence-corrected chi connectivity index (χ3v) is 6.45. The molecule has 2 heterocycles. The number of hydrogen-bond donors (Lipinski definition) is 5. The number of nitrogens with two attached hydrogens (primary N) is 1. The van der Waals surface area contributed by atoms with Crippen molar-refractivity contribution in [2.45, 2.75) is 58.5 Å². The van der Waals surface area contributed by atoms with Crippen molar-refractivity contribution in [3.05, 3.63) is 33.9 Å². The molecule has 11 heteroatoms. The van der Waals surface area contributed by atoms with Gasteiger partial charge in [0.2, 0.25) is 17.7 Å². The molecule has 3 atom stereocenters. The summed E-state index contributed by atoms with van der Waals surface area (Å²) in [4.78, 5) is 53.4. The molecule has 35 heavy (non-hydrogen) atoms. The minimum absolute atomic E-state index is 0.102. The zero-order chi connectivity index (χ0) is 25.9. The highest BCUT2D eigenvalue weighted by molar-refractivity contribution is 6.38. The van der Waals surface area contributed by atoms with E-state index in [-0.39, 0.29) is 23.4 Å². The predicted octanol–water partition coefficient (Wildman–Crippen LogP) is 2.90. The quantitative estimate of drug-likeness (QED) is 0.361. The number of amides is 4. The molecule has 1 saturated heterocycles. The zero-order valence-electron chi connectivity index (χ0n) is 20.0. The number of aromatic amines is 1. The van der Waals surface area contributed by atoms with Gasteiger partial charge in [0, 0.05) is 28.4 Å². The summed E-state index contributed by atoms with van der Waals surface area (Å²) in [6, 6.07) is 2.83. The average Bonchev–Trinajstić information content (AvgIpc) is 3.17. The Labute approximate surface area is 213 Å². The van der Waals surface area contributed by atoms with Crippen molar-refractivity contribution in [1.29, 1.82) is 0 Å². The molecule has 2 unspecified atom stereocenters. The van der Waals surface area contributed by atoms with E-state index < -0.39 is 35.7 Å². The van der Waals surface area contributed by atoms with Crippen molar-refractivity contribution in [1.82, 2.24) is 20.9 Å². The first-order valence-electron chi connectivity index (χ1n) is 11.5. The number of carbonyl (C=O) groups excluding carboxylic acids is 4. The number of carbonyl (C=O) groups is 4. The monoisotopic (exact) mass is 523 g/mol. The van der Waals surface area contributed by atoms with E-state index in [0.29, 0.717) is 40.3 Å². The number of hydrogen-bond acceptors (Lipinski definition) is 4. The number of piperidine rings is 1. The Bertz CT molecular complexity index is 1140. The maximum absolute atomic E-state index is 13.2. The minimum Gasteiger partial charge on any atom is -0.368 e. The SMILES string of the molecule is CC(C)(C)CC(NC(=O)c1cc2c(Cl)cc(Cl)cc2[nH]1)C(=O)NC(C[C@@H]1CCCNC1=O)C(N)=O. The summed E-state index contributed by atoms with van der Waals surface area (Å²) < 4.78 is 0. The molecular weight excluding hydrogens is 493 g/mol. The van der Waals surface area contributed by atoms with Crippen molar-refractivity contribution in [2.24, 2.45) is 17.1 Å². The number of primary amides is 1. The molecule has 2 aromatic rings. The number of halogens is 2. The Morgan fingerprint density at radius 2 is 1.86 bits per heavy atom. The van der Waals surface area contributed by atoms with Crippen LogP contribution in [0.5, 0.6) is 0 Å². The van der Waals surface area contributed by atoms with E-state index in [2.05, 4.69) is 20.9 Å². The van der Waals surface area contributed by atoms with Crippen molar-refractivity contribution in [3.8, 4) is 0 Å². The van der Waals surface area contributed by atoms with Gasteiger partial charge in [-0.1, -0.05) is 44.0 Å². The van der Waals surface area contributed by atoms with Gasteiger partial charge in [0.05, 0.1) is 5.02 Å². The molecule has 1 aromatic carbocycles. The van der Waals surface area contributed by atoms with Gasteiger partial charge in [-0.2, -0.15) is 0 Å². The van der Waals surface area contributed by atoms with Gasteiger partial charge in [0.1, 0.15) is 17.8 Å². The molecule has 0 radical (unpaired) electrons. The van der Waals surface area contributed by atoms with Crippen LogP contribution in [0.15, 0.2) is 18.2 Å². The first-order valence-corrected chi connectivity index (χ1v) is 12.3. The normalized spacial score (nSPS) is 18.0. The van der Waals surface area contributed by atoms with Crippen LogP contribution in [0.3, 0.4) is 0 Å². The molecule has 9 nitrogen and oxygen atoms in total. The number of rotatable bonds is 8. The Balaban J connectivity index is 1.77. The Hall–Kier alpha value is -2.78. The van der Waals surface area contributed by atoms with E-state index in [0.717, 1.165) is 6.42 Å². The summed E-state index contributed by atoms with van der Waals surface area (Å²) in [5, 5.41) is 9.60. The maximum atomic E-state index is 13.2. The summed E-state index contributed by atoms with van der Waals surface area (Å²) in [5.41, 5.74) is 6.01. The minimum atomic E-state index is -1.04. The van der Waals surface area contributed by atoms with Crippen LogP contribution >= 0.6 is 23.2 Å². The third-order valence-electron chi connectivity index (χ3n) is 5.91. The van der Waals surface area contributed by atoms with E-state index >= 15 is 0 Å². The van der Waals surface area contributed by atoms with Crippen LogP contribution in [0.1, 0.15) is 56.9 Å². The lowest BCUT2D eigenvalue weighted by molar-refractivity contribution is -0.131. The van der Waals surface area contributed by atoms with Gasteiger partial charge in [-0.3, -0.25) is 19.2 Å². The largest absolute Gasteiger partial charge is 0.368 e. The molecule has 6 N–H and O–H groups in total. The van der Waals surface area contributed by atoms with Gasteiger partial charge in [-0.15, -0.1) is 0 Å². The van der Waals surface area contributed by atoms with E-state index in [9.17, 15) is 19.2 Å². The molecule has 0 aliphatic carbocycles. The van der Waals surface area contributed by atoms with Gasteiger partial charge in [-0.25, -0.2) is 0 Å². The number of nitrogens with one attached hydrogen (secondary N) is 4. The Morgan fingerprint density at radius 3 is 2.49 bits per heavy atom. The Morgan fingerprint density at radius 1 is 1.14 bits per heavy atom. The van der Waals surface area contributed by atoms with Crippen LogP contribution < -0.4 is 21.7 Å². The van der Waals surface area contributed by atoms with Gasteiger partial charge in [0.15, 0.2) is 0 Å². The van der Waals surface area contributed by atoms with Crippen molar-refractivity contribution >= 4 is 57.7 Å². The smallest absolute Gasteiger partial charge is 0.268 e. The summed E-state index contributed by atoms with van der Waals surface area (Å²) in [5.74, 6) is -2.38. The highest BCUT2D eigenvalue weighted by Gasteiger charge is 2.33. The molecule has 0 saturated carbocycles. The van der Waals surface area contributed by atoms with E-state index in [1.165, 1.54) is 0 Å². The number of H-pyrrole nitrogens is 1. The standard InChI is InChI=1S/C24H31Cl2N5O4/c1-24(2,3)11-19(23(35)30-17(20(27)32)7-12-5-4-6-28-21(12)33)31-22(34)18-10-14-15(26)8-13(25)9-16(14)29-18/h8-10,12,17,19,29H,4-7,11H2,1-3H3,(H2,27,32)(H,28,33)(H,30,35)(H,31,34)/t12-,17?,19?/m0/s1. The van der Waals surface area contributed by atoms with Crippen molar-refractivity contribution < 1.29 is 19.2 Å². The number of fused-ring (bicyclic) bond motifs is 1. The second-order valence-electron chi connectivity index (χ2n) is 10.2. The number of aromatic nitrogens is 1. The third kappa shape index (κ3) is 7.11. The maximum Gasteiger partial charge on any atom is 0.268 e. The van der Waals surface area contributed by atoms with E-state index in [4.69, 9.17) is 28.9 Å². The fourth-order valence-corrected chi connectivity index (χ4v) is 4.75. The zero-order valence-corrected chi connectivity index (χ0v) is 21.5. The molecule has 190 valence electrons. The average molecular weight is 524 g/mol. The second kappa shape index (κ2) is 10.9. The van der Waals surface area contributed by atoms with Gasteiger partial charge >= 0.3 is 0 Å². The highest BCUT2D eigenvalue weighted by atomic mass is 35.5. The van der Waals surface area contributed by atoms with Crippen LogP contribution in [0.2, 0.25) is 10.0 Å². The van der Waals surface area contributed by atoms with Gasteiger partial charge in [0.25, 0.3) is 5.91 Å². The highest BCUT2D eigenvalue weighted by Crippen LogP contribution is 2.29. The van der Waals surface area contributed by atoms with Crippen molar-refractivity contribution in [2.75, 3.05) is 6.54 Å². The lowest BCUT2D eigenvalue weighted by Crippen LogP contribution is -2.55. The Kier molecular flexibility index (Phi) is 8.33. The molecule has 1 aliphatic heterocycles. The van der Waals surface area contributed by atoms with Crippen LogP contribution in [-0.2, 0) is 14.4 Å². The first-order chi connectivity index (χ1) is 16.3. The van der Waals surface area contributed by atoms with Crippen molar-refractivity contribution in [3.63, 3.8) is 0 Å². The fraction of sp³-hybridized carbons (Fsp3) is 0.500. The summed E-state index contributed by atoms with van der Waals surface area (Å²) >= 11 is 12.3.